The summed E-state index contributed by atoms with van der Waals surface area (Å²) in [5.74, 6) is 0.826. The van der Waals surface area contributed by atoms with Crippen LogP contribution in [0.25, 0.3) is 11.1 Å². The lowest BCUT2D eigenvalue weighted by molar-refractivity contribution is 0.183. The third kappa shape index (κ3) is 2.95. The van der Waals surface area contributed by atoms with Gasteiger partial charge in [0.2, 0.25) is 0 Å². The number of allylic oxidation sites excluding steroid dienone is 3. The van der Waals surface area contributed by atoms with Crippen LogP contribution in [0.5, 0.6) is 0 Å². The summed E-state index contributed by atoms with van der Waals surface area (Å²) in [5, 5.41) is 10.5. The molecule has 0 saturated heterocycles. The summed E-state index contributed by atoms with van der Waals surface area (Å²) >= 11 is 0. The van der Waals surface area contributed by atoms with Crippen LogP contribution in [0.15, 0.2) is 36.1 Å². The minimum atomic E-state index is -0.476. The lowest BCUT2D eigenvalue weighted by atomic mass is 9.81. The highest BCUT2D eigenvalue weighted by Gasteiger charge is 2.29. The summed E-state index contributed by atoms with van der Waals surface area (Å²) in [6.45, 7) is 11.7. The van der Waals surface area contributed by atoms with Crippen LogP contribution in [0.2, 0.25) is 0 Å². The zero-order valence-corrected chi connectivity index (χ0v) is 15.4. The topological polar surface area (TPSA) is 29.5 Å². The van der Waals surface area contributed by atoms with Gasteiger partial charge in [-0.2, -0.15) is 0 Å². The highest BCUT2D eigenvalue weighted by atomic mass is 16.5. The van der Waals surface area contributed by atoms with E-state index in [0.717, 1.165) is 23.3 Å². The molecule has 0 spiro atoms. The Morgan fingerprint density at radius 3 is 2.83 bits per heavy atom. The van der Waals surface area contributed by atoms with Gasteiger partial charge in [-0.3, -0.25) is 0 Å². The van der Waals surface area contributed by atoms with Gasteiger partial charge in [0.05, 0.1) is 6.10 Å². The summed E-state index contributed by atoms with van der Waals surface area (Å²) in [6, 6.07) is 4.32. The van der Waals surface area contributed by atoms with E-state index < -0.39 is 6.10 Å². The van der Waals surface area contributed by atoms with E-state index >= 15 is 0 Å². The molecule has 1 aliphatic heterocycles. The molecule has 0 unspecified atom stereocenters. The molecule has 1 aromatic rings. The third-order valence-electron chi connectivity index (χ3n) is 5.32. The number of aliphatic hydroxyl groups excluding tert-OH is 1. The van der Waals surface area contributed by atoms with Crippen LogP contribution in [0.1, 0.15) is 62.8 Å². The molecule has 0 saturated carbocycles. The van der Waals surface area contributed by atoms with E-state index in [1.807, 2.05) is 12.2 Å². The molecule has 1 aliphatic carbocycles. The molecule has 24 heavy (non-hydrogen) atoms. The van der Waals surface area contributed by atoms with Crippen molar-refractivity contribution in [2.45, 2.75) is 60.2 Å². The van der Waals surface area contributed by atoms with Crippen LogP contribution < -0.4 is 0 Å². The first kappa shape index (κ1) is 17.0. The second-order valence-electron chi connectivity index (χ2n) is 7.67. The second-order valence-corrected chi connectivity index (χ2v) is 7.67. The summed E-state index contributed by atoms with van der Waals surface area (Å²) in [6.07, 6.45) is 7.63. The number of hydrogen-bond acceptors (Lipinski definition) is 2. The van der Waals surface area contributed by atoms with Crippen molar-refractivity contribution in [3.8, 4) is 0 Å². The Bertz CT molecular complexity index is 747. The van der Waals surface area contributed by atoms with Gasteiger partial charge in [-0.05, 0) is 60.4 Å². The molecule has 1 N–H and O–H groups in total. The van der Waals surface area contributed by atoms with Gasteiger partial charge in [0.25, 0.3) is 0 Å². The zero-order chi connectivity index (χ0) is 17.5. The number of benzene rings is 1. The third-order valence-corrected chi connectivity index (χ3v) is 5.32. The molecule has 1 aromatic carbocycles. The van der Waals surface area contributed by atoms with Gasteiger partial charge in [0.1, 0.15) is 12.4 Å². The van der Waals surface area contributed by atoms with Crippen molar-refractivity contribution in [1.82, 2.24) is 0 Å². The lowest BCUT2D eigenvalue weighted by Gasteiger charge is -2.30. The van der Waals surface area contributed by atoms with Gasteiger partial charge in [-0.25, -0.2) is 0 Å². The quantitative estimate of drug-likeness (QED) is 0.807. The average molecular weight is 324 g/mol. The monoisotopic (exact) mass is 324 g/mol. The summed E-state index contributed by atoms with van der Waals surface area (Å²) in [7, 11) is 0. The predicted octanol–water partition coefficient (Wildman–Crippen LogP) is 5.40. The largest absolute Gasteiger partial charge is 0.488 e. The van der Waals surface area contributed by atoms with E-state index in [2.05, 4.69) is 52.8 Å². The number of aliphatic hydroxyl groups is 1. The molecule has 1 heterocycles. The molecule has 0 bridgehead atoms. The van der Waals surface area contributed by atoms with Gasteiger partial charge in [-0.1, -0.05) is 45.1 Å². The van der Waals surface area contributed by atoms with Gasteiger partial charge in [0, 0.05) is 11.1 Å². The lowest BCUT2D eigenvalue weighted by Crippen LogP contribution is -2.20. The Kier molecular flexibility index (Phi) is 4.44. The van der Waals surface area contributed by atoms with E-state index in [0.29, 0.717) is 13.0 Å². The first-order chi connectivity index (χ1) is 11.3. The molecule has 0 amide bonds. The summed E-state index contributed by atoms with van der Waals surface area (Å²) < 4.78 is 5.99. The number of rotatable bonds is 3. The fraction of sp³-hybridized carbons (Fsp3) is 0.455. The minimum absolute atomic E-state index is 0.173. The highest BCUT2D eigenvalue weighted by Crippen LogP contribution is 2.40. The number of ether oxygens (including phenoxy) is 1. The Morgan fingerprint density at radius 2 is 2.12 bits per heavy atom. The SMILES string of the molecule is CCC(C)(C)/C=C(/C)c1c(C)ccc2c1COC1=C2[C@@H](O)CC=C1. The van der Waals surface area contributed by atoms with E-state index in [-0.39, 0.29) is 5.41 Å². The van der Waals surface area contributed by atoms with Crippen molar-refractivity contribution in [2.24, 2.45) is 5.41 Å². The fourth-order valence-electron chi connectivity index (χ4n) is 3.74. The molecule has 2 nitrogen and oxygen atoms in total. The van der Waals surface area contributed by atoms with Crippen LogP contribution in [-0.4, -0.2) is 11.2 Å². The Labute approximate surface area is 145 Å². The van der Waals surface area contributed by atoms with Gasteiger partial charge >= 0.3 is 0 Å². The van der Waals surface area contributed by atoms with Crippen LogP contribution >= 0.6 is 0 Å². The van der Waals surface area contributed by atoms with E-state index in [4.69, 9.17) is 4.74 Å². The van der Waals surface area contributed by atoms with Crippen molar-refractivity contribution >= 4 is 11.1 Å². The Hall–Kier alpha value is -1.80. The van der Waals surface area contributed by atoms with E-state index in [9.17, 15) is 5.11 Å². The molecule has 0 radical (unpaired) electrons. The van der Waals surface area contributed by atoms with Crippen LogP contribution in [0, 0.1) is 12.3 Å². The van der Waals surface area contributed by atoms with Crippen LogP contribution in [0.3, 0.4) is 0 Å². The van der Waals surface area contributed by atoms with Gasteiger partial charge < -0.3 is 9.84 Å². The number of aryl methyl sites for hydroxylation is 1. The standard InChI is InChI=1S/C22H28O2/c1-6-22(4,5)12-15(3)20-14(2)10-11-16-17(20)13-24-19-9-7-8-18(23)21(16)19/h7,9-12,18,23H,6,8,13H2,1-5H3/b15-12-/t18-/m0/s1. The van der Waals surface area contributed by atoms with Crippen molar-refractivity contribution < 1.29 is 9.84 Å². The second kappa shape index (κ2) is 6.25. The molecule has 3 rings (SSSR count). The molecule has 2 heteroatoms. The smallest absolute Gasteiger partial charge is 0.125 e. The van der Waals surface area contributed by atoms with Crippen molar-refractivity contribution in [1.29, 1.82) is 0 Å². The maximum absolute atomic E-state index is 10.5. The molecule has 2 aliphatic rings. The van der Waals surface area contributed by atoms with Crippen LogP contribution in [0.4, 0.5) is 0 Å². The first-order valence-electron chi connectivity index (χ1n) is 8.88. The van der Waals surface area contributed by atoms with Crippen molar-refractivity contribution in [2.75, 3.05) is 0 Å². The molecular formula is C22H28O2. The highest BCUT2D eigenvalue weighted by molar-refractivity contribution is 5.82. The van der Waals surface area contributed by atoms with Crippen molar-refractivity contribution in [3.63, 3.8) is 0 Å². The molecule has 128 valence electrons. The first-order valence-corrected chi connectivity index (χ1v) is 8.88. The fourth-order valence-corrected chi connectivity index (χ4v) is 3.74. The van der Waals surface area contributed by atoms with Crippen LogP contribution in [-0.2, 0) is 11.3 Å². The number of fused-ring (bicyclic) bond motifs is 2. The predicted molar refractivity (Wildman–Crippen MR) is 100 cm³/mol. The zero-order valence-electron chi connectivity index (χ0n) is 15.4. The molecule has 0 aromatic heterocycles. The molecule has 1 atom stereocenters. The maximum Gasteiger partial charge on any atom is 0.125 e. The Morgan fingerprint density at radius 1 is 1.38 bits per heavy atom. The summed E-state index contributed by atoms with van der Waals surface area (Å²) in [5.41, 5.74) is 7.32. The molecule has 0 fully saturated rings. The minimum Gasteiger partial charge on any atom is -0.488 e. The Balaban J connectivity index is 2.17. The van der Waals surface area contributed by atoms with E-state index in [1.54, 1.807) is 0 Å². The van der Waals surface area contributed by atoms with Gasteiger partial charge in [0.15, 0.2) is 0 Å². The summed E-state index contributed by atoms with van der Waals surface area (Å²) in [4.78, 5) is 0. The molecular weight excluding hydrogens is 296 g/mol. The van der Waals surface area contributed by atoms with Crippen molar-refractivity contribution in [3.05, 3.63) is 58.4 Å². The van der Waals surface area contributed by atoms with Gasteiger partial charge in [-0.15, -0.1) is 0 Å². The normalized spacial score (nSPS) is 20.6. The number of hydrogen-bond donors (Lipinski definition) is 1. The van der Waals surface area contributed by atoms with E-state index in [1.165, 1.54) is 22.3 Å². The maximum atomic E-state index is 10.5. The average Bonchev–Trinajstić information content (AvgIpc) is 2.54.